The van der Waals surface area contributed by atoms with Crippen LogP contribution in [0.5, 0.6) is 11.5 Å². The summed E-state index contributed by atoms with van der Waals surface area (Å²) in [4.78, 5) is 22.1. The molecule has 0 radical (unpaired) electrons. The highest BCUT2D eigenvalue weighted by Gasteiger charge is 2.29. The van der Waals surface area contributed by atoms with Gasteiger partial charge in [0.05, 0.1) is 25.8 Å². The molecule has 1 saturated carbocycles. The van der Waals surface area contributed by atoms with Gasteiger partial charge in [-0.15, -0.1) is 0 Å². The van der Waals surface area contributed by atoms with Crippen molar-refractivity contribution in [1.29, 1.82) is 0 Å². The summed E-state index contributed by atoms with van der Waals surface area (Å²) in [5.74, 6) is 2.76. The average molecular weight is 508 g/mol. The molecule has 1 aliphatic carbocycles. The van der Waals surface area contributed by atoms with E-state index in [0.717, 1.165) is 53.6 Å². The molecule has 9 heteroatoms. The molecule has 2 aromatic carbocycles. The summed E-state index contributed by atoms with van der Waals surface area (Å²) in [6.45, 7) is 6.16. The number of benzene rings is 2. The van der Waals surface area contributed by atoms with E-state index in [-0.39, 0.29) is 12.1 Å². The number of anilines is 2. The molecule has 3 N–H and O–H groups in total. The van der Waals surface area contributed by atoms with Crippen LogP contribution in [0, 0.1) is 0 Å². The van der Waals surface area contributed by atoms with E-state index >= 15 is 0 Å². The molecule has 37 heavy (non-hydrogen) atoms. The van der Waals surface area contributed by atoms with Crippen LogP contribution in [0.1, 0.15) is 52.0 Å². The quantitative estimate of drug-likeness (QED) is 0.367. The molecule has 0 saturated heterocycles. The van der Waals surface area contributed by atoms with Gasteiger partial charge in [-0.1, -0.05) is 25.0 Å². The highest BCUT2D eigenvalue weighted by atomic mass is 16.6. The van der Waals surface area contributed by atoms with E-state index in [9.17, 15) is 4.79 Å². The first-order valence-electron chi connectivity index (χ1n) is 12.7. The fourth-order valence-corrected chi connectivity index (χ4v) is 4.46. The lowest BCUT2D eigenvalue weighted by molar-refractivity contribution is 0.0488. The summed E-state index contributed by atoms with van der Waals surface area (Å²) in [6, 6.07) is 13.5. The van der Waals surface area contributed by atoms with Crippen molar-refractivity contribution in [2.24, 2.45) is 0 Å². The highest BCUT2D eigenvalue weighted by Crippen LogP contribution is 2.30. The number of methoxy groups -OCH3 is 2. The lowest BCUT2D eigenvalue weighted by Crippen LogP contribution is -2.49. The summed E-state index contributed by atoms with van der Waals surface area (Å²) in [6.07, 6.45) is 3.49. The Morgan fingerprint density at radius 2 is 1.62 bits per heavy atom. The lowest BCUT2D eigenvalue weighted by Gasteiger charge is -2.34. The molecule has 2 atom stereocenters. The normalized spacial score (nSPS) is 17.6. The number of fused-ring (bicyclic) bond motifs is 1. The molecule has 1 heterocycles. The monoisotopic (exact) mass is 507 g/mol. The summed E-state index contributed by atoms with van der Waals surface area (Å²) in [7, 11) is 3.29. The number of hydrogen-bond acceptors (Lipinski definition) is 8. The van der Waals surface area contributed by atoms with E-state index in [2.05, 4.69) is 16.0 Å². The lowest BCUT2D eigenvalue weighted by atomic mass is 9.90. The summed E-state index contributed by atoms with van der Waals surface area (Å²) >= 11 is 0. The van der Waals surface area contributed by atoms with Crippen LogP contribution >= 0.6 is 0 Å². The topological polar surface area (TPSA) is 107 Å². The highest BCUT2D eigenvalue weighted by molar-refractivity contribution is 5.91. The summed E-state index contributed by atoms with van der Waals surface area (Å²) in [5.41, 5.74) is 1.33. The third kappa shape index (κ3) is 7.15. The predicted octanol–water partition coefficient (Wildman–Crippen LogP) is 5.51. The molecular weight excluding hydrogens is 470 g/mol. The number of nitrogens with one attached hydrogen (secondary N) is 3. The molecule has 2 unspecified atom stereocenters. The zero-order chi connectivity index (χ0) is 26.4. The standard InChI is InChI=1S/C28H37N5O4/c1-28(2,3)37-27(34)32-24-9-7-6-8-23(24)30-25-21-16-20(36-5)14-15-22(21)31-26(33-25)29-17-18-10-12-19(35-4)13-11-18/h10-16,23-24H,6-9,17H2,1-5H3,(H,32,34)(H2,29,30,31,33). The van der Waals surface area contributed by atoms with Crippen LogP contribution in [-0.4, -0.2) is 48.0 Å². The molecule has 1 fully saturated rings. The van der Waals surface area contributed by atoms with Gasteiger partial charge < -0.3 is 30.2 Å². The van der Waals surface area contributed by atoms with Crippen molar-refractivity contribution in [2.45, 2.75) is 70.7 Å². The predicted molar refractivity (Wildman–Crippen MR) is 145 cm³/mol. The second-order valence-corrected chi connectivity index (χ2v) is 10.3. The number of hydrogen-bond donors (Lipinski definition) is 3. The molecule has 3 aromatic rings. The number of carbonyl (C=O) groups is 1. The number of carbonyl (C=O) groups excluding carboxylic acids is 1. The Bertz CT molecular complexity index is 1210. The SMILES string of the molecule is COc1ccc(CNc2nc(NC3CCCCC3NC(=O)OC(C)(C)C)c3cc(OC)ccc3n2)cc1. The van der Waals surface area contributed by atoms with Crippen molar-refractivity contribution < 1.29 is 19.0 Å². The summed E-state index contributed by atoms with van der Waals surface area (Å²) in [5, 5.41) is 10.9. The van der Waals surface area contributed by atoms with E-state index in [1.165, 1.54) is 0 Å². The van der Waals surface area contributed by atoms with Crippen molar-refractivity contribution in [3.8, 4) is 11.5 Å². The van der Waals surface area contributed by atoms with Crippen LogP contribution in [0.4, 0.5) is 16.6 Å². The molecule has 4 rings (SSSR count). The smallest absolute Gasteiger partial charge is 0.407 e. The minimum absolute atomic E-state index is 0.00000702. The Labute approximate surface area is 218 Å². The number of ether oxygens (including phenoxy) is 3. The minimum Gasteiger partial charge on any atom is -0.497 e. The Hall–Kier alpha value is -3.75. The van der Waals surface area contributed by atoms with Gasteiger partial charge in [0.25, 0.3) is 0 Å². The minimum atomic E-state index is -0.550. The molecule has 9 nitrogen and oxygen atoms in total. The van der Waals surface area contributed by atoms with Crippen molar-refractivity contribution in [1.82, 2.24) is 15.3 Å². The molecule has 1 aromatic heterocycles. The van der Waals surface area contributed by atoms with Crippen LogP contribution in [0.2, 0.25) is 0 Å². The fraction of sp³-hybridized carbons (Fsp3) is 0.464. The first kappa shape index (κ1) is 26.3. The van der Waals surface area contributed by atoms with Gasteiger partial charge in [-0.3, -0.25) is 0 Å². The average Bonchev–Trinajstić information content (AvgIpc) is 2.87. The van der Waals surface area contributed by atoms with Crippen molar-refractivity contribution in [3.05, 3.63) is 48.0 Å². The van der Waals surface area contributed by atoms with Gasteiger partial charge in [0.15, 0.2) is 0 Å². The van der Waals surface area contributed by atoms with Gasteiger partial charge >= 0.3 is 6.09 Å². The van der Waals surface area contributed by atoms with Gasteiger partial charge in [-0.25, -0.2) is 9.78 Å². The first-order chi connectivity index (χ1) is 17.7. The van der Waals surface area contributed by atoms with Crippen LogP contribution < -0.4 is 25.4 Å². The zero-order valence-corrected chi connectivity index (χ0v) is 22.3. The number of rotatable bonds is 8. The van der Waals surface area contributed by atoms with Gasteiger partial charge in [0, 0.05) is 18.0 Å². The Kier molecular flexibility index (Phi) is 8.21. The number of aromatic nitrogens is 2. The van der Waals surface area contributed by atoms with Crippen LogP contribution in [-0.2, 0) is 11.3 Å². The summed E-state index contributed by atoms with van der Waals surface area (Å²) < 4.78 is 16.2. The maximum Gasteiger partial charge on any atom is 0.407 e. The van der Waals surface area contributed by atoms with Crippen molar-refractivity contribution in [3.63, 3.8) is 0 Å². The second kappa shape index (κ2) is 11.5. The van der Waals surface area contributed by atoms with Crippen molar-refractivity contribution in [2.75, 3.05) is 24.9 Å². The van der Waals surface area contributed by atoms with E-state index in [1.54, 1.807) is 14.2 Å². The third-order valence-electron chi connectivity index (χ3n) is 6.30. The Balaban J connectivity index is 1.57. The molecule has 198 valence electrons. The molecule has 0 spiro atoms. The molecule has 0 bridgehead atoms. The number of amides is 1. The van der Waals surface area contributed by atoms with Crippen LogP contribution in [0.3, 0.4) is 0 Å². The number of alkyl carbamates (subject to hydrolysis) is 1. The van der Waals surface area contributed by atoms with Crippen LogP contribution in [0.15, 0.2) is 42.5 Å². The van der Waals surface area contributed by atoms with E-state index in [0.29, 0.717) is 18.3 Å². The van der Waals surface area contributed by atoms with E-state index in [1.807, 2.05) is 63.2 Å². The molecule has 1 aliphatic rings. The molecule has 1 amide bonds. The number of nitrogens with zero attached hydrogens (tertiary/aromatic N) is 2. The first-order valence-corrected chi connectivity index (χ1v) is 12.7. The third-order valence-corrected chi connectivity index (χ3v) is 6.30. The van der Waals surface area contributed by atoms with E-state index < -0.39 is 11.7 Å². The largest absolute Gasteiger partial charge is 0.497 e. The van der Waals surface area contributed by atoms with Gasteiger partial charge in [0.2, 0.25) is 5.95 Å². The Morgan fingerprint density at radius 1 is 0.946 bits per heavy atom. The fourth-order valence-electron chi connectivity index (χ4n) is 4.46. The Morgan fingerprint density at radius 3 is 2.30 bits per heavy atom. The van der Waals surface area contributed by atoms with Crippen LogP contribution in [0.25, 0.3) is 10.9 Å². The van der Waals surface area contributed by atoms with Crippen molar-refractivity contribution >= 4 is 28.8 Å². The molecule has 0 aliphatic heterocycles. The second-order valence-electron chi connectivity index (χ2n) is 10.3. The van der Waals surface area contributed by atoms with Gasteiger partial charge in [-0.2, -0.15) is 4.98 Å². The molecular formula is C28H37N5O4. The zero-order valence-electron chi connectivity index (χ0n) is 22.3. The maximum absolute atomic E-state index is 12.5. The van der Waals surface area contributed by atoms with E-state index in [4.69, 9.17) is 24.2 Å². The maximum atomic E-state index is 12.5. The van der Waals surface area contributed by atoms with Gasteiger partial charge in [0.1, 0.15) is 22.9 Å². The van der Waals surface area contributed by atoms with Gasteiger partial charge in [-0.05, 0) is 69.5 Å².